The second-order valence-corrected chi connectivity index (χ2v) is 5.16. The van der Waals surface area contributed by atoms with E-state index in [4.69, 9.17) is 0 Å². The van der Waals surface area contributed by atoms with Gasteiger partial charge in [0.1, 0.15) is 0 Å². The zero-order valence-electron chi connectivity index (χ0n) is 9.83. The lowest BCUT2D eigenvalue weighted by atomic mass is 9.99. The van der Waals surface area contributed by atoms with E-state index in [1.165, 1.54) is 12.1 Å². The highest BCUT2D eigenvalue weighted by Crippen LogP contribution is 2.21. The first-order chi connectivity index (χ1) is 8.63. The van der Waals surface area contributed by atoms with Gasteiger partial charge in [0, 0.05) is 18.4 Å². The van der Waals surface area contributed by atoms with Gasteiger partial charge in [-0.15, -0.1) is 0 Å². The molecule has 1 unspecified atom stereocenters. The van der Waals surface area contributed by atoms with Crippen LogP contribution in [-0.2, 0) is 0 Å². The van der Waals surface area contributed by atoms with Crippen molar-refractivity contribution in [1.82, 2.24) is 4.90 Å². The Labute approximate surface area is 113 Å². The highest BCUT2D eigenvalue weighted by molar-refractivity contribution is 9.09. The second kappa shape index (κ2) is 5.78. The summed E-state index contributed by atoms with van der Waals surface area (Å²) in [5.41, 5.74) is -0.176. The maximum Gasteiger partial charge on any atom is 0.256 e. The fraction of sp³-hybridized carbons (Fsp3) is 0.462. The van der Waals surface area contributed by atoms with E-state index in [0.717, 1.165) is 24.2 Å². The van der Waals surface area contributed by atoms with Gasteiger partial charge in [0.15, 0.2) is 11.6 Å². The summed E-state index contributed by atoms with van der Waals surface area (Å²) in [7, 11) is 0. The van der Waals surface area contributed by atoms with Gasteiger partial charge in [0.05, 0.1) is 5.56 Å². The van der Waals surface area contributed by atoms with E-state index in [2.05, 4.69) is 15.9 Å². The highest BCUT2D eigenvalue weighted by Gasteiger charge is 2.26. The highest BCUT2D eigenvalue weighted by atomic mass is 79.9. The molecular weight excluding hydrogens is 304 g/mol. The number of hydrogen-bond donors (Lipinski definition) is 0. The molecule has 2 nitrogen and oxygen atoms in total. The molecular formula is C13H14BrF2NO. The number of amides is 1. The number of benzene rings is 1. The van der Waals surface area contributed by atoms with Crippen LogP contribution < -0.4 is 0 Å². The summed E-state index contributed by atoms with van der Waals surface area (Å²) in [5.74, 6) is -2.06. The number of piperidine rings is 1. The molecule has 98 valence electrons. The Morgan fingerprint density at radius 1 is 1.44 bits per heavy atom. The van der Waals surface area contributed by atoms with Crippen molar-refractivity contribution in [2.45, 2.75) is 12.8 Å². The molecule has 1 aromatic carbocycles. The molecule has 1 aliphatic heterocycles. The van der Waals surface area contributed by atoms with Gasteiger partial charge < -0.3 is 4.90 Å². The second-order valence-electron chi connectivity index (χ2n) is 4.52. The molecule has 1 atom stereocenters. The summed E-state index contributed by atoms with van der Waals surface area (Å²) in [6.07, 6.45) is 1.96. The largest absolute Gasteiger partial charge is 0.338 e. The topological polar surface area (TPSA) is 20.3 Å². The molecule has 0 bridgehead atoms. The van der Waals surface area contributed by atoms with Crippen LogP contribution in [0.25, 0.3) is 0 Å². The first-order valence-electron chi connectivity index (χ1n) is 5.92. The van der Waals surface area contributed by atoms with Gasteiger partial charge in [0.25, 0.3) is 5.91 Å². The summed E-state index contributed by atoms with van der Waals surface area (Å²) in [5, 5.41) is 0.822. The number of alkyl halides is 1. The molecule has 1 aromatic rings. The minimum Gasteiger partial charge on any atom is -0.338 e. The van der Waals surface area contributed by atoms with E-state index >= 15 is 0 Å². The predicted molar refractivity (Wildman–Crippen MR) is 68.8 cm³/mol. The number of hydrogen-bond acceptors (Lipinski definition) is 1. The van der Waals surface area contributed by atoms with Crippen LogP contribution in [0.2, 0.25) is 0 Å². The van der Waals surface area contributed by atoms with Crippen LogP contribution in [0.1, 0.15) is 23.2 Å². The summed E-state index contributed by atoms with van der Waals surface area (Å²) in [6.45, 7) is 1.21. The van der Waals surface area contributed by atoms with Crippen molar-refractivity contribution in [3.05, 3.63) is 35.4 Å². The van der Waals surface area contributed by atoms with Crippen molar-refractivity contribution in [2.75, 3.05) is 18.4 Å². The molecule has 1 saturated heterocycles. The molecule has 0 radical (unpaired) electrons. The lowest BCUT2D eigenvalue weighted by Gasteiger charge is -2.32. The summed E-state index contributed by atoms with van der Waals surface area (Å²) >= 11 is 3.40. The quantitative estimate of drug-likeness (QED) is 0.767. The molecule has 2 rings (SSSR count). The number of rotatable bonds is 2. The lowest BCUT2D eigenvalue weighted by molar-refractivity contribution is 0.0680. The van der Waals surface area contributed by atoms with Crippen molar-refractivity contribution >= 4 is 21.8 Å². The van der Waals surface area contributed by atoms with Gasteiger partial charge in [-0.25, -0.2) is 8.78 Å². The average molecular weight is 318 g/mol. The third kappa shape index (κ3) is 2.71. The number of carbonyl (C=O) groups is 1. The van der Waals surface area contributed by atoms with Crippen molar-refractivity contribution in [3.63, 3.8) is 0 Å². The summed E-state index contributed by atoms with van der Waals surface area (Å²) in [6, 6.07) is 3.71. The van der Waals surface area contributed by atoms with Crippen molar-refractivity contribution in [2.24, 2.45) is 5.92 Å². The van der Waals surface area contributed by atoms with E-state index in [1.54, 1.807) is 4.90 Å². The molecule has 1 fully saturated rings. The Hall–Kier alpha value is -0.970. The molecule has 18 heavy (non-hydrogen) atoms. The summed E-state index contributed by atoms with van der Waals surface area (Å²) in [4.78, 5) is 13.7. The van der Waals surface area contributed by atoms with Gasteiger partial charge in [-0.05, 0) is 30.9 Å². The number of carbonyl (C=O) groups excluding carboxylic acids is 1. The number of likely N-dealkylation sites (tertiary alicyclic amines) is 1. The zero-order valence-corrected chi connectivity index (χ0v) is 11.4. The van der Waals surface area contributed by atoms with Crippen LogP contribution in [0.3, 0.4) is 0 Å². The first-order valence-corrected chi connectivity index (χ1v) is 7.05. The molecule has 5 heteroatoms. The van der Waals surface area contributed by atoms with Crippen molar-refractivity contribution in [1.29, 1.82) is 0 Å². The van der Waals surface area contributed by atoms with Gasteiger partial charge in [-0.1, -0.05) is 22.0 Å². The fourth-order valence-corrected chi connectivity index (χ4v) is 2.74. The lowest BCUT2D eigenvalue weighted by Crippen LogP contribution is -2.40. The third-order valence-corrected chi connectivity index (χ3v) is 4.12. The van der Waals surface area contributed by atoms with Crippen LogP contribution in [0.4, 0.5) is 8.78 Å². The minimum atomic E-state index is -1.05. The number of nitrogens with zero attached hydrogens (tertiary/aromatic N) is 1. The van der Waals surface area contributed by atoms with E-state index in [9.17, 15) is 13.6 Å². The fourth-order valence-electron chi connectivity index (χ4n) is 2.21. The Morgan fingerprint density at radius 3 is 2.94 bits per heavy atom. The van der Waals surface area contributed by atoms with Gasteiger partial charge in [-0.2, -0.15) is 0 Å². The molecule has 1 heterocycles. The van der Waals surface area contributed by atoms with Gasteiger partial charge in [0.2, 0.25) is 0 Å². The monoisotopic (exact) mass is 317 g/mol. The van der Waals surface area contributed by atoms with Crippen LogP contribution in [0, 0.1) is 17.6 Å². The van der Waals surface area contributed by atoms with Gasteiger partial charge in [-0.3, -0.25) is 4.79 Å². The Bertz CT molecular complexity index is 453. The molecule has 0 saturated carbocycles. The molecule has 0 N–H and O–H groups in total. The first kappa shape index (κ1) is 13.5. The van der Waals surface area contributed by atoms with E-state index in [0.29, 0.717) is 19.0 Å². The predicted octanol–water partition coefficient (Wildman–Crippen LogP) is 3.21. The van der Waals surface area contributed by atoms with Crippen molar-refractivity contribution < 1.29 is 13.6 Å². The molecule has 1 amide bonds. The molecule has 0 spiro atoms. The Balaban J connectivity index is 2.18. The van der Waals surface area contributed by atoms with E-state index in [1.807, 2.05) is 0 Å². The maximum absolute atomic E-state index is 13.6. The van der Waals surface area contributed by atoms with Crippen LogP contribution in [-0.4, -0.2) is 29.2 Å². The smallest absolute Gasteiger partial charge is 0.256 e. The van der Waals surface area contributed by atoms with E-state index in [-0.39, 0.29) is 5.56 Å². The third-order valence-electron chi connectivity index (χ3n) is 3.21. The van der Waals surface area contributed by atoms with E-state index < -0.39 is 17.5 Å². The van der Waals surface area contributed by atoms with Crippen LogP contribution in [0.15, 0.2) is 18.2 Å². The SMILES string of the molecule is O=C(c1cccc(F)c1F)N1CCCC(CBr)C1. The summed E-state index contributed by atoms with van der Waals surface area (Å²) < 4.78 is 26.7. The zero-order chi connectivity index (χ0) is 13.1. The Kier molecular flexibility index (Phi) is 4.32. The normalized spacial score (nSPS) is 19.9. The molecule has 0 aromatic heterocycles. The molecule has 1 aliphatic rings. The van der Waals surface area contributed by atoms with Crippen LogP contribution in [0.5, 0.6) is 0 Å². The molecule has 0 aliphatic carbocycles. The maximum atomic E-state index is 13.6. The average Bonchev–Trinajstić information content (AvgIpc) is 2.41. The standard InChI is InChI=1S/C13H14BrF2NO/c14-7-9-3-2-6-17(8-9)13(18)10-4-1-5-11(15)12(10)16/h1,4-5,9H,2-3,6-8H2. The van der Waals surface area contributed by atoms with Gasteiger partial charge >= 0.3 is 0 Å². The Morgan fingerprint density at radius 2 is 2.22 bits per heavy atom. The minimum absolute atomic E-state index is 0.176. The number of halogens is 3. The van der Waals surface area contributed by atoms with Crippen molar-refractivity contribution in [3.8, 4) is 0 Å². The van der Waals surface area contributed by atoms with Crippen LogP contribution >= 0.6 is 15.9 Å².